The van der Waals surface area contributed by atoms with Gasteiger partial charge in [0.2, 0.25) is 0 Å². The summed E-state index contributed by atoms with van der Waals surface area (Å²) in [7, 11) is 0. The fraction of sp³-hybridized carbons (Fsp3) is 0.143. The summed E-state index contributed by atoms with van der Waals surface area (Å²) in [6.07, 6.45) is -3.77. The Labute approximate surface area is 70.4 Å². The van der Waals surface area contributed by atoms with E-state index < -0.39 is 23.1 Å². The number of hydrogen-bond donors (Lipinski definition) is 0. The monoisotopic (exact) mass is 190 g/mol. The molecular formula is C7H2F4N2. The number of hydrogen-bond acceptors (Lipinski definition) is 2. The minimum Gasteiger partial charge on any atom is -0.260 e. The molecule has 0 aliphatic rings. The summed E-state index contributed by atoms with van der Waals surface area (Å²) in [6.45, 7) is 0. The van der Waals surface area contributed by atoms with Crippen molar-refractivity contribution in [2.24, 2.45) is 0 Å². The molecular weight excluding hydrogens is 188 g/mol. The zero-order chi connectivity index (χ0) is 10.1. The lowest BCUT2D eigenvalue weighted by atomic mass is 10.1. The van der Waals surface area contributed by atoms with Crippen LogP contribution in [0.3, 0.4) is 0 Å². The summed E-state index contributed by atoms with van der Waals surface area (Å²) in [5.74, 6) is -1.54. The molecule has 0 saturated heterocycles. The van der Waals surface area contributed by atoms with Crippen molar-refractivity contribution in [2.45, 2.75) is 6.18 Å². The predicted octanol–water partition coefficient (Wildman–Crippen LogP) is 2.11. The molecule has 1 aromatic rings. The average molecular weight is 190 g/mol. The van der Waals surface area contributed by atoms with Crippen LogP contribution in [0.25, 0.3) is 0 Å². The number of nitrogens with zero attached hydrogens (tertiary/aromatic N) is 2. The molecule has 0 fully saturated rings. The Morgan fingerprint density at radius 3 is 2.31 bits per heavy atom. The van der Waals surface area contributed by atoms with Gasteiger partial charge in [-0.2, -0.15) is 18.4 Å². The Morgan fingerprint density at radius 1 is 1.31 bits per heavy atom. The molecule has 6 heteroatoms. The largest absolute Gasteiger partial charge is 0.420 e. The highest BCUT2D eigenvalue weighted by molar-refractivity contribution is 5.37. The molecule has 0 amide bonds. The summed E-state index contributed by atoms with van der Waals surface area (Å²) in [4.78, 5) is 3.13. The van der Waals surface area contributed by atoms with E-state index in [2.05, 4.69) is 4.98 Å². The molecule has 1 heterocycles. The van der Waals surface area contributed by atoms with Crippen LogP contribution in [0.1, 0.15) is 11.1 Å². The van der Waals surface area contributed by atoms with Gasteiger partial charge in [-0.25, -0.2) is 4.39 Å². The highest BCUT2D eigenvalue weighted by Gasteiger charge is 2.37. The van der Waals surface area contributed by atoms with Crippen molar-refractivity contribution in [3.05, 3.63) is 29.3 Å². The summed E-state index contributed by atoms with van der Waals surface area (Å²) in [5, 5.41) is 8.25. The summed E-state index contributed by atoms with van der Waals surface area (Å²) >= 11 is 0. The summed E-state index contributed by atoms with van der Waals surface area (Å²) in [6, 6.07) is 1.22. The van der Waals surface area contributed by atoms with Gasteiger partial charge in [-0.15, -0.1) is 0 Å². The van der Waals surface area contributed by atoms with Gasteiger partial charge < -0.3 is 0 Å². The number of pyridine rings is 1. The van der Waals surface area contributed by atoms with Crippen molar-refractivity contribution in [2.75, 3.05) is 0 Å². The molecule has 1 rings (SSSR count). The lowest BCUT2D eigenvalue weighted by Gasteiger charge is -2.07. The summed E-state index contributed by atoms with van der Waals surface area (Å²) in [5.41, 5.74) is -2.38. The van der Waals surface area contributed by atoms with Gasteiger partial charge >= 0.3 is 6.18 Å². The van der Waals surface area contributed by atoms with Crippen molar-refractivity contribution in [3.8, 4) is 6.07 Å². The van der Waals surface area contributed by atoms with E-state index in [1.165, 1.54) is 6.07 Å². The number of halogens is 4. The molecule has 0 N–H and O–H groups in total. The predicted molar refractivity (Wildman–Crippen MR) is 33.9 cm³/mol. The molecule has 0 radical (unpaired) electrons. The first-order chi connectivity index (χ1) is 5.96. The SMILES string of the molecule is N#Cc1cncc(F)c1C(F)(F)F. The molecule has 0 aliphatic heterocycles. The Balaban J connectivity index is 3.43. The smallest absolute Gasteiger partial charge is 0.260 e. The van der Waals surface area contributed by atoms with Gasteiger partial charge in [-0.05, 0) is 0 Å². The second-order valence-corrected chi connectivity index (χ2v) is 2.15. The maximum absolute atomic E-state index is 12.6. The lowest BCUT2D eigenvalue weighted by Crippen LogP contribution is -2.11. The highest BCUT2D eigenvalue weighted by atomic mass is 19.4. The number of nitriles is 1. The van der Waals surface area contributed by atoms with Crippen LogP contribution < -0.4 is 0 Å². The van der Waals surface area contributed by atoms with Gasteiger partial charge in [-0.3, -0.25) is 4.98 Å². The van der Waals surface area contributed by atoms with E-state index in [4.69, 9.17) is 5.26 Å². The number of alkyl halides is 3. The number of rotatable bonds is 0. The third-order valence-corrected chi connectivity index (χ3v) is 1.30. The normalized spacial score (nSPS) is 11.0. The van der Waals surface area contributed by atoms with Crippen LogP contribution >= 0.6 is 0 Å². The van der Waals surface area contributed by atoms with Crippen LogP contribution in [0.15, 0.2) is 12.4 Å². The molecule has 0 bridgehead atoms. The van der Waals surface area contributed by atoms with Crippen LogP contribution in [-0.4, -0.2) is 4.98 Å². The van der Waals surface area contributed by atoms with E-state index in [9.17, 15) is 17.6 Å². The molecule has 0 spiro atoms. The second kappa shape index (κ2) is 3.01. The number of aromatic nitrogens is 1. The minimum absolute atomic E-state index is 0.420. The third-order valence-electron chi connectivity index (χ3n) is 1.30. The maximum atomic E-state index is 12.6. The summed E-state index contributed by atoms with van der Waals surface area (Å²) < 4.78 is 48.8. The van der Waals surface area contributed by atoms with Crippen LogP contribution in [0.4, 0.5) is 17.6 Å². The van der Waals surface area contributed by atoms with Crippen LogP contribution in [0, 0.1) is 17.1 Å². The second-order valence-electron chi connectivity index (χ2n) is 2.15. The average Bonchev–Trinajstić information content (AvgIpc) is 2.01. The fourth-order valence-electron chi connectivity index (χ4n) is 0.808. The topological polar surface area (TPSA) is 36.7 Å². The third kappa shape index (κ3) is 1.75. The van der Waals surface area contributed by atoms with Gasteiger partial charge in [0.15, 0.2) is 5.82 Å². The van der Waals surface area contributed by atoms with Gasteiger partial charge in [0, 0.05) is 6.20 Å². The first-order valence-corrected chi connectivity index (χ1v) is 3.07. The van der Waals surface area contributed by atoms with Gasteiger partial charge in [0.25, 0.3) is 0 Å². The van der Waals surface area contributed by atoms with Crippen molar-refractivity contribution >= 4 is 0 Å². The zero-order valence-corrected chi connectivity index (χ0v) is 6.06. The van der Waals surface area contributed by atoms with Crippen molar-refractivity contribution in [1.29, 1.82) is 5.26 Å². The van der Waals surface area contributed by atoms with E-state index in [0.29, 0.717) is 12.4 Å². The molecule has 0 aliphatic carbocycles. The first kappa shape index (κ1) is 9.45. The van der Waals surface area contributed by atoms with Crippen LogP contribution in [0.5, 0.6) is 0 Å². The molecule has 68 valence electrons. The molecule has 0 aromatic carbocycles. The Morgan fingerprint density at radius 2 is 1.92 bits per heavy atom. The lowest BCUT2D eigenvalue weighted by molar-refractivity contribution is -0.140. The minimum atomic E-state index is -4.86. The zero-order valence-electron chi connectivity index (χ0n) is 6.06. The van der Waals surface area contributed by atoms with Crippen molar-refractivity contribution in [1.82, 2.24) is 4.98 Å². The first-order valence-electron chi connectivity index (χ1n) is 3.07. The Hall–Kier alpha value is -1.64. The standard InChI is InChI=1S/C7H2F4N2/c8-5-3-13-2-4(1-12)6(5)7(9,10)11/h2-3H. The maximum Gasteiger partial charge on any atom is 0.420 e. The van der Waals surface area contributed by atoms with E-state index in [-0.39, 0.29) is 0 Å². The van der Waals surface area contributed by atoms with Crippen LogP contribution in [0.2, 0.25) is 0 Å². The fourth-order valence-corrected chi connectivity index (χ4v) is 0.808. The van der Waals surface area contributed by atoms with Crippen LogP contribution in [-0.2, 0) is 6.18 Å². The van der Waals surface area contributed by atoms with E-state index in [1.807, 2.05) is 0 Å². The van der Waals surface area contributed by atoms with Crippen molar-refractivity contribution < 1.29 is 17.6 Å². The van der Waals surface area contributed by atoms with Gasteiger partial charge in [-0.1, -0.05) is 0 Å². The van der Waals surface area contributed by atoms with Crippen molar-refractivity contribution in [3.63, 3.8) is 0 Å². The van der Waals surface area contributed by atoms with E-state index in [1.54, 1.807) is 0 Å². The van der Waals surface area contributed by atoms with Gasteiger partial charge in [0.05, 0.1) is 11.8 Å². The molecule has 1 aromatic heterocycles. The Bertz CT molecular complexity index is 364. The van der Waals surface area contributed by atoms with E-state index >= 15 is 0 Å². The molecule has 0 atom stereocenters. The molecule has 0 saturated carbocycles. The Kier molecular flexibility index (Phi) is 2.19. The van der Waals surface area contributed by atoms with Gasteiger partial charge in [0.1, 0.15) is 11.6 Å². The quantitative estimate of drug-likeness (QED) is 0.587. The molecule has 2 nitrogen and oxygen atoms in total. The molecule has 0 unspecified atom stereocenters. The van der Waals surface area contributed by atoms with E-state index in [0.717, 1.165) is 0 Å². The molecule has 13 heavy (non-hydrogen) atoms. The highest BCUT2D eigenvalue weighted by Crippen LogP contribution is 2.32.